The van der Waals surface area contributed by atoms with Crippen molar-refractivity contribution in [1.82, 2.24) is 29.1 Å². The van der Waals surface area contributed by atoms with Crippen molar-refractivity contribution in [2.45, 2.75) is 44.6 Å². The summed E-state index contributed by atoms with van der Waals surface area (Å²) >= 11 is 5.86. The van der Waals surface area contributed by atoms with Crippen LogP contribution in [0.2, 0.25) is 5.02 Å². The Kier molecular flexibility index (Phi) is 7.58. The number of halogens is 8. The average molecular weight is 579 g/mol. The van der Waals surface area contributed by atoms with Gasteiger partial charge in [-0.25, -0.2) is 23.5 Å². The highest BCUT2D eigenvalue weighted by atomic mass is 35.5. The monoisotopic (exact) mass is 578 g/mol. The summed E-state index contributed by atoms with van der Waals surface area (Å²) in [5.41, 5.74) is -2.56. The fourth-order valence-electron chi connectivity index (χ4n) is 3.70. The molecule has 2 unspecified atom stereocenters. The molecule has 39 heavy (non-hydrogen) atoms. The van der Waals surface area contributed by atoms with Gasteiger partial charge in [-0.2, -0.15) is 26.3 Å². The number of rotatable bonds is 7. The Balaban J connectivity index is 1.80. The van der Waals surface area contributed by atoms with Crippen molar-refractivity contribution < 1.29 is 35.8 Å². The van der Waals surface area contributed by atoms with E-state index in [9.17, 15) is 40.6 Å². The molecular formula is C23H18ClF7N6O2. The number of para-hydroxylation sites is 1. The van der Waals surface area contributed by atoms with Gasteiger partial charge in [0, 0.05) is 10.6 Å². The molecule has 0 aliphatic heterocycles. The van der Waals surface area contributed by atoms with E-state index in [2.05, 4.69) is 15.2 Å². The van der Waals surface area contributed by atoms with E-state index >= 15 is 0 Å². The van der Waals surface area contributed by atoms with Crippen LogP contribution in [0.25, 0.3) is 17.1 Å². The lowest BCUT2D eigenvalue weighted by Crippen LogP contribution is -2.37. The van der Waals surface area contributed by atoms with Gasteiger partial charge in [0.2, 0.25) is 0 Å². The summed E-state index contributed by atoms with van der Waals surface area (Å²) in [6, 6.07) is 9.84. The van der Waals surface area contributed by atoms with E-state index in [-0.39, 0.29) is 17.2 Å². The number of nitrogens with zero attached hydrogens (tertiary/aromatic N) is 6. The topological polar surface area (TPSA) is 90.8 Å². The van der Waals surface area contributed by atoms with Crippen molar-refractivity contribution in [3.05, 3.63) is 81.3 Å². The number of hydrogen-bond acceptors (Lipinski definition) is 5. The minimum atomic E-state index is -5.04. The highest BCUT2D eigenvalue weighted by Gasteiger charge is 2.39. The van der Waals surface area contributed by atoms with E-state index in [4.69, 9.17) is 11.6 Å². The van der Waals surface area contributed by atoms with Crippen LogP contribution in [0.5, 0.6) is 0 Å². The second-order valence-corrected chi connectivity index (χ2v) is 8.80. The van der Waals surface area contributed by atoms with Gasteiger partial charge in [-0.15, -0.1) is 10.2 Å². The Morgan fingerprint density at radius 1 is 1.00 bits per heavy atom. The SMILES string of the molecule is CC(F)c1nc(Cn2nc(-c3ccc(Cl)cc3)n(CC(O)C(F)(F)F)c2=O)nn1-c1ccccc1C(F)(F)F. The summed E-state index contributed by atoms with van der Waals surface area (Å²) < 4.78 is 96.2. The summed E-state index contributed by atoms with van der Waals surface area (Å²) in [6.07, 6.45) is -14.6. The minimum Gasteiger partial charge on any atom is -0.382 e. The van der Waals surface area contributed by atoms with Gasteiger partial charge in [-0.1, -0.05) is 23.7 Å². The minimum absolute atomic E-state index is 0.181. The second-order valence-electron chi connectivity index (χ2n) is 8.37. The van der Waals surface area contributed by atoms with Crippen LogP contribution in [0.1, 0.15) is 30.3 Å². The normalized spacial score (nSPS) is 14.0. The number of aromatic nitrogens is 6. The molecule has 2 aromatic heterocycles. The predicted molar refractivity (Wildman–Crippen MR) is 124 cm³/mol. The maximum Gasteiger partial charge on any atom is 0.418 e. The molecule has 16 heteroatoms. The average Bonchev–Trinajstić information content (AvgIpc) is 3.41. The Morgan fingerprint density at radius 3 is 2.23 bits per heavy atom. The van der Waals surface area contributed by atoms with Crippen LogP contribution in [0.4, 0.5) is 30.7 Å². The van der Waals surface area contributed by atoms with Crippen LogP contribution in [0.3, 0.4) is 0 Å². The molecule has 0 radical (unpaired) electrons. The van der Waals surface area contributed by atoms with E-state index in [0.29, 0.717) is 19.0 Å². The zero-order valence-electron chi connectivity index (χ0n) is 19.8. The molecule has 0 amide bonds. The van der Waals surface area contributed by atoms with Crippen molar-refractivity contribution in [3.8, 4) is 17.1 Å². The summed E-state index contributed by atoms with van der Waals surface area (Å²) in [5, 5.41) is 17.9. The largest absolute Gasteiger partial charge is 0.418 e. The lowest BCUT2D eigenvalue weighted by molar-refractivity contribution is -0.207. The first-order valence-corrected chi connectivity index (χ1v) is 11.5. The maximum atomic E-state index is 14.4. The van der Waals surface area contributed by atoms with Gasteiger partial charge in [0.25, 0.3) is 0 Å². The van der Waals surface area contributed by atoms with Crippen molar-refractivity contribution >= 4 is 11.6 Å². The molecular weight excluding hydrogens is 561 g/mol. The van der Waals surface area contributed by atoms with E-state index in [1.54, 1.807) is 0 Å². The van der Waals surface area contributed by atoms with E-state index in [1.807, 2.05) is 0 Å². The predicted octanol–water partition coefficient (Wildman–Crippen LogP) is 4.97. The number of alkyl halides is 7. The summed E-state index contributed by atoms with van der Waals surface area (Å²) in [5.74, 6) is -1.10. The van der Waals surface area contributed by atoms with Crippen molar-refractivity contribution in [1.29, 1.82) is 0 Å². The molecule has 0 saturated carbocycles. The zero-order chi connectivity index (χ0) is 28.7. The highest BCUT2D eigenvalue weighted by Crippen LogP contribution is 2.34. The Bertz CT molecular complexity index is 1520. The maximum absolute atomic E-state index is 14.4. The molecule has 2 atom stereocenters. The first-order chi connectivity index (χ1) is 18.2. The molecule has 2 heterocycles. The highest BCUT2D eigenvalue weighted by molar-refractivity contribution is 6.30. The molecule has 0 saturated heterocycles. The first kappa shape index (κ1) is 28.3. The number of aliphatic hydroxyl groups is 1. The van der Waals surface area contributed by atoms with Gasteiger partial charge in [0.15, 0.2) is 29.7 Å². The first-order valence-electron chi connectivity index (χ1n) is 11.1. The van der Waals surface area contributed by atoms with Crippen molar-refractivity contribution in [2.24, 2.45) is 0 Å². The second kappa shape index (κ2) is 10.4. The molecule has 1 N–H and O–H groups in total. The van der Waals surface area contributed by atoms with E-state index < -0.39 is 60.5 Å². The molecule has 4 rings (SSSR count). The smallest absolute Gasteiger partial charge is 0.382 e. The third-order valence-corrected chi connectivity index (χ3v) is 5.77. The van der Waals surface area contributed by atoms with Gasteiger partial charge >= 0.3 is 18.0 Å². The quantitative estimate of drug-likeness (QED) is 0.313. The Hall–Kier alpha value is -3.72. The molecule has 0 aliphatic carbocycles. The molecule has 4 aromatic rings. The van der Waals surface area contributed by atoms with Gasteiger partial charge in [-0.05, 0) is 43.3 Å². The fourth-order valence-corrected chi connectivity index (χ4v) is 3.83. The molecule has 0 fully saturated rings. The van der Waals surface area contributed by atoms with Gasteiger partial charge in [0.05, 0.1) is 17.8 Å². The Labute approximate surface area is 219 Å². The van der Waals surface area contributed by atoms with Gasteiger partial charge in [0.1, 0.15) is 6.54 Å². The zero-order valence-corrected chi connectivity index (χ0v) is 20.5. The number of hydrogen-bond donors (Lipinski definition) is 1. The summed E-state index contributed by atoms with van der Waals surface area (Å²) in [6.45, 7) is -0.804. The van der Waals surface area contributed by atoms with Crippen LogP contribution in [-0.2, 0) is 19.3 Å². The summed E-state index contributed by atoms with van der Waals surface area (Å²) in [4.78, 5) is 17.0. The standard InChI is InChI=1S/C23H18ClF7N6O2/c1-12(25)19-32-18(33-37(19)16-5-3-2-4-15(16)22(26,27)28)11-36-21(39)35(10-17(38)23(29,30)31)20(34-36)13-6-8-14(24)9-7-13/h2-9,12,17,38H,10-11H2,1H3. The lowest BCUT2D eigenvalue weighted by Gasteiger charge is -2.15. The molecule has 208 valence electrons. The van der Waals surface area contributed by atoms with Crippen LogP contribution in [-0.4, -0.2) is 46.5 Å². The van der Waals surface area contributed by atoms with E-state index in [0.717, 1.165) is 25.1 Å². The number of aliphatic hydroxyl groups excluding tert-OH is 1. The molecule has 0 spiro atoms. The molecule has 2 aromatic carbocycles. The third kappa shape index (κ3) is 5.98. The van der Waals surface area contributed by atoms with Gasteiger partial charge < -0.3 is 5.11 Å². The van der Waals surface area contributed by atoms with Crippen LogP contribution in [0, 0.1) is 0 Å². The van der Waals surface area contributed by atoms with Crippen LogP contribution in [0.15, 0.2) is 53.3 Å². The number of benzene rings is 2. The van der Waals surface area contributed by atoms with Crippen LogP contribution < -0.4 is 5.69 Å². The van der Waals surface area contributed by atoms with Crippen molar-refractivity contribution in [2.75, 3.05) is 0 Å². The summed E-state index contributed by atoms with van der Waals surface area (Å²) in [7, 11) is 0. The molecule has 0 aliphatic rings. The fraction of sp³-hybridized carbons (Fsp3) is 0.304. The lowest BCUT2D eigenvalue weighted by atomic mass is 10.1. The van der Waals surface area contributed by atoms with Gasteiger partial charge in [-0.3, -0.25) is 4.57 Å². The molecule has 0 bridgehead atoms. The van der Waals surface area contributed by atoms with Crippen LogP contribution >= 0.6 is 11.6 Å². The third-order valence-electron chi connectivity index (χ3n) is 5.52. The van der Waals surface area contributed by atoms with Crippen molar-refractivity contribution in [3.63, 3.8) is 0 Å². The van der Waals surface area contributed by atoms with E-state index in [1.165, 1.54) is 30.3 Å². The Morgan fingerprint density at radius 2 is 1.64 bits per heavy atom. The molecule has 8 nitrogen and oxygen atoms in total.